The number of carbonyl (C=O) groups excluding carboxylic acids is 2. The van der Waals surface area contributed by atoms with E-state index in [1.807, 2.05) is 30.3 Å². The standard InChI is InChI=1S/C19H18FN5O3/c20-16-8-6-15(7-9-16)11-21-18(26)12-28-19(27)17(25-13-22-23-24-25)10-14-4-2-1-3-5-14/h1-9,13,17H,10-12H2,(H,21,26)/t17-/m0/s1. The van der Waals surface area contributed by atoms with Crippen LogP contribution in [0.5, 0.6) is 0 Å². The van der Waals surface area contributed by atoms with Gasteiger partial charge in [0, 0.05) is 13.0 Å². The van der Waals surface area contributed by atoms with Crippen molar-refractivity contribution >= 4 is 11.9 Å². The Morgan fingerprint density at radius 2 is 1.82 bits per heavy atom. The zero-order valence-corrected chi connectivity index (χ0v) is 14.9. The lowest BCUT2D eigenvalue weighted by atomic mass is 10.1. The molecular weight excluding hydrogens is 365 g/mol. The van der Waals surface area contributed by atoms with E-state index in [-0.39, 0.29) is 12.4 Å². The molecule has 0 saturated heterocycles. The Bertz CT molecular complexity index is 901. The topological polar surface area (TPSA) is 99.0 Å². The number of esters is 1. The normalized spacial score (nSPS) is 11.6. The molecule has 0 fully saturated rings. The summed E-state index contributed by atoms with van der Waals surface area (Å²) in [6, 6.07) is 14.3. The monoisotopic (exact) mass is 383 g/mol. The van der Waals surface area contributed by atoms with Crippen LogP contribution in [0.1, 0.15) is 17.2 Å². The van der Waals surface area contributed by atoms with Gasteiger partial charge in [-0.1, -0.05) is 42.5 Å². The molecule has 1 N–H and O–H groups in total. The van der Waals surface area contributed by atoms with Crippen LogP contribution in [0.4, 0.5) is 4.39 Å². The largest absolute Gasteiger partial charge is 0.454 e. The minimum absolute atomic E-state index is 0.205. The number of tetrazole rings is 1. The van der Waals surface area contributed by atoms with Gasteiger partial charge in [0.05, 0.1) is 0 Å². The van der Waals surface area contributed by atoms with Crippen LogP contribution < -0.4 is 5.32 Å². The van der Waals surface area contributed by atoms with Crippen LogP contribution in [0, 0.1) is 5.82 Å². The van der Waals surface area contributed by atoms with Crippen molar-refractivity contribution in [1.82, 2.24) is 25.5 Å². The second-order valence-corrected chi connectivity index (χ2v) is 6.01. The molecule has 0 unspecified atom stereocenters. The molecule has 0 aliphatic rings. The summed E-state index contributed by atoms with van der Waals surface area (Å²) in [5.74, 6) is -1.43. The molecular formula is C19H18FN5O3. The SMILES string of the molecule is O=C(COC(=O)[C@H](Cc1ccccc1)n1cnnn1)NCc1ccc(F)cc1. The summed E-state index contributed by atoms with van der Waals surface area (Å²) in [6.45, 7) is -0.232. The van der Waals surface area contributed by atoms with Crippen LogP contribution in [-0.2, 0) is 27.3 Å². The lowest BCUT2D eigenvalue weighted by Crippen LogP contribution is -2.31. The van der Waals surface area contributed by atoms with Crippen molar-refractivity contribution in [2.45, 2.75) is 19.0 Å². The van der Waals surface area contributed by atoms with Crippen molar-refractivity contribution in [3.05, 3.63) is 77.9 Å². The molecule has 3 aromatic rings. The highest BCUT2D eigenvalue weighted by atomic mass is 19.1. The van der Waals surface area contributed by atoms with Crippen molar-refractivity contribution in [1.29, 1.82) is 0 Å². The van der Waals surface area contributed by atoms with Gasteiger partial charge in [-0.05, 0) is 33.7 Å². The number of aromatic nitrogens is 4. The molecule has 0 aliphatic carbocycles. The lowest BCUT2D eigenvalue weighted by molar-refractivity contribution is -0.152. The van der Waals surface area contributed by atoms with Gasteiger partial charge in [0.15, 0.2) is 12.6 Å². The number of halogens is 1. The highest BCUT2D eigenvalue weighted by molar-refractivity contribution is 5.81. The molecule has 1 aromatic heterocycles. The number of benzene rings is 2. The molecule has 2 aromatic carbocycles. The van der Waals surface area contributed by atoms with E-state index in [4.69, 9.17) is 4.74 Å². The first-order valence-corrected chi connectivity index (χ1v) is 8.56. The predicted molar refractivity (Wildman–Crippen MR) is 96.2 cm³/mol. The average molecular weight is 383 g/mol. The van der Waals surface area contributed by atoms with E-state index in [2.05, 4.69) is 20.8 Å². The molecule has 0 saturated carbocycles. The highest BCUT2D eigenvalue weighted by Gasteiger charge is 2.24. The van der Waals surface area contributed by atoms with E-state index in [0.29, 0.717) is 6.42 Å². The lowest BCUT2D eigenvalue weighted by Gasteiger charge is -2.15. The van der Waals surface area contributed by atoms with Crippen LogP contribution in [0.15, 0.2) is 60.9 Å². The van der Waals surface area contributed by atoms with Crippen molar-refractivity contribution in [3.63, 3.8) is 0 Å². The summed E-state index contributed by atoms with van der Waals surface area (Å²) in [7, 11) is 0. The highest BCUT2D eigenvalue weighted by Crippen LogP contribution is 2.14. The Hall–Kier alpha value is -3.62. The maximum atomic E-state index is 12.9. The van der Waals surface area contributed by atoms with Gasteiger partial charge >= 0.3 is 5.97 Å². The zero-order valence-electron chi connectivity index (χ0n) is 14.9. The fourth-order valence-corrected chi connectivity index (χ4v) is 2.52. The Morgan fingerprint density at radius 3 is 2.50 bits per heavy atom. The zero-order chi connectivity index (χ0) is 19.8. The third-order valence-electron chi connectivity index (χ3n) is 3.98. The van der Waals surface area contributed by atoms with Crippen molar-refractivity contribution in [2.75, 3.05) is 6.61 Å². The number of ether oxygens (including phenoxy) is 1. The van der Waals surface area contributed by atoms with Crippen LogP contribution in [0.3, 0.4) is 0 Å². The van der Waals surface area contributed by atoms with Crippen molar-refractivity contribution in [3.8, 4) is 0 Å². The van der Waals surface area contributed by atoms with Crippen molar-refractivity contribution < 1.29 is 18.7 Å². The molecule has 1 heterocycles. The fourth-order valence-electron chi connectivity index (χ4n) is 2.52. The number of nitrogens with zero attached hydrogens (tertiary/aromatic N) is 4. The molecule has 0 bridgehead atoms. The fraction of sp³-hybridized carbons (Fsp3) is 0.211. The number of hydrogen-bond donors (Lipinski definition) is 1. The molecule has 28 heavy (non-hydrogen) atoms. The molecule has 3 rings (SSSR count). The molecule has 8 nitrogen and oxygen atoms in total. The first-order valence-electron chi connectivity index (χ1n) is 8.56. The van der Waals surface area contributed by atoms with Gasteiger partial charge in [0.1, 0.15) is 12.1 Å². The number of hydrogen-bond acceptors (Lipinski definition) is 6. The summed E-state index contributed by atoms with van der Waals surface area (Å²) in [5.41, 5.74) is 1.64. The smallest absolute Gasteiger partial charge is 0.331 e. The first-order chi connectivity index (χ1) is 13.6. The maximum absolute atomic E-state index is 12.9. The second-order valence-electron chi connectivity index (χ2n) is 6.01. The predicted octanol–water partition coefficient (Wildman–Crippen LogP) is 1.46. The van der Waals surface area contributed by atoms with Crippen LogP contribution in [-0.4, -0.2) is 38.7 Å². The quantitative estimate of drug-likeness (QED) is 0.591. The van der Waals surface area contributed by atoms with Crippen LogP contribution >= 0.6 is 0 Å². The Kier molecular flexibility index (Phi) is 6.40. The van der Waals surface area contributed by atoms with Gasteiger partial charge in [0.2, 0.25) is 0 Å². The van der Waals surface area contributed by atoms with Crippen LogP contribution in [0.25, 0.3) is 0 Å². The van der Waals surface area contributed by atoms with Gasteiger partial charge < -0.3 is 10.1 Å². The van der Waals surface area contributed by atoms with E-state index in [1.54, 1.807) is 12.1 Å². The second kappa shape index (κ2) is 9.36. The van der Waals surface area contributed by atoms with E-state index in [9.17, 15) is 14.0 Å². The summed E-state index contributed by atoms with van der Waals surface area (Å²) in [4.78, 5) is 24.4. The van der Waals surface area contributed by atoms with E-state index >= 15 is 0 Å². The summed E-state index contributed by atoms with van der Waals surface area (Å²) in [5, 5.41) is 13.5. The van der Waals surface area contributed by atoms with Gasteiger partial charge in [0.25, 0.3) is 5.91 Å². The summed E-state index contributed by atoms with van der Waals surface area (Å²) in [6.07, 6.45) is 1.64. The number of amides is 1. The third kappa shape index (κ3) is 5.44. The number of rotatable bonds is 8. The Balaban J connectivity index is 1.54. The minimum Gasteiger partial charge on any atom is -0.454 e. The molecule has 1 atom stereocenters. The van der Waals surface area contributed by atoms with E-state index in [0.717, 1.165) is 11.1 Å². The molecule has 0 radical (unpaired) electrons. The maximum Gasteiger partial charge on any atom is 0.331 e. The van der Waals surface area contributed by atoms with Gasteiger partial charge in [-0.2, -0.15) is 0 Å². The molecule has 0 spiro atoms. The number of carbonyl (C=O) groups is 2. The minimum atomic E-state index is -0.790. The van der Waals surface area contributed by atoms with Gasteiger partial charge in [-0.15, -0.1) is 5.10 Å². The van der Waals surface area contributed by atoms with Gasteiger partial charge in [-0.25, -0.2) is 13.9 Å². The van der Waals surface area contributed by atoms with E-state index in [1.165, 1.54) is 23.1 Å². The Labute approximate surface area is 160 Å². The Morgan fingerprint density at radius 1 is 1.07 bits per heavy atom. The van der Waals surface area contributed by atoms with Crippen LogP contribution in [0.2, 0.25) is 0 Å². The number of nitrogens with one attached hydrogen (secondary N) is 1. The molecule has 144 valence electrons. The molecule has 0 aliphatic heterocycles. The molecule has 1 amide bonds. The molecule has 9 heteroatoms. The average Bonchev–Trinajstić information content (AvgIpc) is 3.25. The van der Waals surface area contributed by atoms with Gasteiger partial charge in [-0.3, -0.25) is 4.79 Å². The first kappa shape index (κ1) is 19.2. The summed E-state index contributed by atoms with van der Waals surface area (Å²) >= 11 is 0. The third-order valence-corrected chi connectivity index (χ3v) is 3.98. The van der Waals surface area contributed by atoms with Crippen molar-refractivity contribution in [2.24, 2.45) is 0 Å². The van der Waals surface area contributed by atoms with E-state index < -0.39 is 24.5 Å². The summed E-state index contributed by atoms with van der Waals surface area (Å²) < 4.78 is 19.3.